The first-order valence-electron chi connectivity index (χ1n) is 7.84. The van der Waals surface area contributed by atoms with Gasteiger partial charge >= 0.3 is 0 Å². The number of amides is 2. The lowest BCUT2D eigenvalue weighted by Crippen LogP contribution is -2.27. The molecule has 2 amide bonds. The molecule has 0 unspecified atom stereocenters. The van der Waals surface area contributed by atoms with Gasteiger partial charge in [0.05, 0.1) is 0 Å². The van der Waals surface area contributed by atoms with Gasteiger partial charge in [-0.05, 0) is 36.6 Å². The Morgan fingerprint density at radius 3 is 2.62 bits per heavy atom. The number of carbonyl (C=O) groups excluding carboxylic acids is 2. The maximum atomic E-state index is 13.9. The van der Waals surface area contributed by atoms with Crippen LogP contribution in [0.2, 0.25) is 0 Å². The average Bonchev–Trinajstić information content (AvgIpc) is 3.40. The zero-order valence-corrected chi connectivity index (χ0v) is 13.3. The van der Waals surface area contributed by atoms with Crippen molar-refractivity contribution in [1.29, 1.82) is 0 Å². The third-order valence-electron chi connectivity index (χ3n) is 3.84. The monoisotopic (exact) mass is 327 g/mol. The molecule has 1 aromatic heterocycles. The number of pyridine rings is 1. The highest BCUT2D eigenvalue weighted by Gasteiger charge is 2.24. The highest BCUT2D eigenvalue weighted by atomic mass is 19.1. The van der Waals surface area contributed by atoms with Crippen LogP contribution in [0.1, 0.15) is 44.9 Å². The highest BCUT2D eigenvalue weighted by molar-refractivity contribution is 5.98. The van der Waals surface area contributed by atoms with Crippen molar-refractivity contribution in [2.75, 3.05) is 7.05 Å². The molecule has 3 rings (SSSR count). The molecule has 1 aromatic carbocycles. The Bertz CT molecular complexity index is 788. The molecular weight excluding hydrogens is 309 g/mol. The van der Waals surface area contributed by atoms with E-state index in [1.807, 2.05) is 0 Å². The number of nitrogens with one attached hydrogen (secondary N) is 2. The Balaban J connectivity index is 1.93. The lowest BCUT2D eigenvalue weighted by Gasteiger charge is -2.09. The Kier molecular flexibility index (Phi) is 4.55. The maximum absolute atomic E-state index is 13.9. The SMILES string of the molecule is CNC(=O)c1cc(C(=O)NC2CC2)cc(Cc2ccccc2F)n1. The van der Waals surface area contributed by atoms with Crippen LogP contribution in [0.25, 0.3) is 0 Å². The quantitative estimate of drug-likeness (QED) is 0.883. The van der Waals surface area contributed by atoms with Gasteiger partial charge in [0.2, 0.25) is 0 Å². The summed E-state index contributed by atoms with van der Waals surface area (Å²) >= 11 is 0. The summed E-state index contributed by atoms with van der Waals surface area (Å²) in [6, 6.07) is 9.66. The Morgan fingerprint density at radius 2 is 1.96 bits per heavy atom. The number of rotatable bonds is 5. The second kappa shape index (κ2) is 6.78. The van der Waals surface area contributed by atoms with E-state index in [1.165, 1.54) is 19.2 Å². The minimum Gasteiger partial charge on any atom is -0.354 e. The summed E-state index contributed by atoms with van der Waals surface area (Å²) in [6.45, 7) is 0. The molecule has 1 fully saturated rings. The topological polar surface area (TPSA) is 71.1 Å². The molecule has 1 saturated carbocycles. The molecule has 1 aliphatic carbocycles. The second-order valence-corrected chi connectivity index (χ2v) is 5.83. The van der Waals surface area contributed by atoms with E-state index < -0.39 is 0 Å². The third-order valence-corrected chi connectivity index (χ3v) is 3.84. The number of nitrogens with zero attached hydrogens (tertiary/aromatic N) is 1. The molecule has 2 aromatic rings. The van der Waals surface area contributed by atoms with Gasteiger partial charge in [-0.1, -0.05) is 18.2 Å². The number of benzene rings is 1. The molecule has 1 aliphatic rings. The van der Waals surface area contributed by atoms with Crippen molar-refractivity contribution in [3.63, 3.8) is 0 Å². The van der Waals surface area contributed by atoms with Crippen LogP contribution in [0, 0.1) is 5.82 Å². The van der Waals surface area contributed by atoms with Gasteiger partial charge in [-0.2, -0.15) is 0 Å². The lowest BCUT2D eigenvalue weighted by molar-refractivity contribution is 0.0951. The van der Waals surface area contributed by atoms with Crippen LogP contribution >= 0.6 is 0 Å². The van der Waals surface area contributed by atoms with Crippen molar-refractivity contribution in [2.45, 2.75) is 25.3 Å². The Morgan fingerprint density at radius 1 is 1.21 bits per heavy atom. The van der Waals surface area contributed by atoms with Gasteiger partial charge in [-0.25, -0.2) is 9.37 Å². The molecule has 0 bridgehead atoms. The molecule has 0 radical (unpaired) electrons. The summed E-state index contributed by atoms with van der Waals surface area (Å²) in [5, 5.41) is 5.38. The fourth-order valence-corrected chi connectivity index (χ4v) is 2.39. The summed E-state index contributed by atoms with van der Waals surface area (Å²) in [6.07, 6.45) is 2.16. The average molecular weight is 327 g/mol. The standard InChI is InChI=1S/C18H18FN3O2/c1-20-18(24)16-10-12(17(23)22-13-6-7-13)9-14(21-16)8-11-4-2-3-5-15(11)19/h2-5,9-10,13H,6-8H2,1H3,(H,20,24)(H,22,23). The number of halogens is 1. The predicted octanol–water partition coefficient (Wildman–Crippen LogP) is 2.06. The second-order valence-electron chi connectivity index (χ2n) is 5.83. The summed E-state index contributed by atoms with van der Waals surface area (Å²) in [5.41, 5.74) is 1.45. The van der Waals surface area contributed by atoms with Gasteiger partial charge in [-0.3, -0.25) is 9.59 Å². The molecule has 0 saturated heterocycles. The minimum atomic E-state index is -0.383. The van der Waals surface area contributed by atoms with E-state index in [1.54, 1.807) is 24.3 Å². The molecule has 24 heavy (non-hydrogen) atoms. The minimum absolute atomic E-state index is 0.146. The molecular formula is C18H18FN3O2. The highest BCUT2D eigenvalue weighted by Crippen LogP contribution is 2.20. The molecule has 2 N–H and O–H groups in total. The van der Waals surface area contributed by atoms with E-state index in [0.717, 1.165) is 12.8 Å². The normalized spacial score (nSPS) is 13.4. The molecule has 124 valence electrons. The van der Waals surface area contributed by atoms with E-state index in [9.17, 15) is 14.0 Å². The van der Waals surface area contributed by atoms with Crippen LogP contribution in [-0.2, 0) is 6.42 Å². The lowest BCUT2D eigenvalue weighted by atomic mass is 10.1. The van der Waals surface area contributed by atoms with Crippen LogP contribution in [-0.4, -0.2) is 29.9 Å². The van der Waals surface area contributed by atoms with Crippen LogP contribution in [0.5, 0.6) is 0 Å². The Hall–Kier alpha value is -2.76. The predicted molar refractivity (Wildman–Crippen MR) is 87.3 cm³/mol. The van der Waals surface area contributed by atoms with E-state index in [4.69, 9.17) is 0 Å². The fourth-order valence-electron chi connectivity index (χ4n) is 2.39. The molecule has 5 nitrogen and oxygen atoms in total. The van der Waals surface area contributed by atoms with Crippen LogP contribution in [0.3, 0.4) is 0 Å². The first-order valence-corrected chi connectivity index (χ1v) is 7.84. The maximum Gasteiger partial charge on any atom is 0.269 e. The fraction of sp³-hybridized carbons (Fsp3) is 0.278. The molecule has 6 heteroatoms. The van der Waals surface area contributed by atoms with Gasteiger partial charge in [0.15, 0.2) is 0 Å². The summed E-state index contributed by atoms with van der Waals surface area (Å²) < 4.78 is 13.9. The van der Waals surface area contributed by atoms with Gasteiger partial charge in [0.1, 0.15) is 11.5 Å². The van der Waals surface area contributed by atoms with E-state index in [0.29, 0.717) is 16.8 Å². The summed E-state index contributed by atoms with van der Waals surface area (Å²) in [4.78, 5) is 28.5. The number of hydrogen-bond acceptors (Lipinski definition) is 3. The van der Waals surface area contributed by atoms with Crippen molar-refractivity contribution >= 4 is 11.8 Å². The van der Waals surface area contributed by atoms with E-state index >= 15 is 0 Å². The van der Waals surface area contributed by atoms with Gasteiger partial charge in [0, 0.05) is 30.8 Å². The smallest absolute Gasteiger partial charge is 0.269 e. The van der Waals surface area contributed by atoms with Crippen molar-refractivity contribution in [1.82, 2.24) is 15.6 Å². The first kappa shape index (κ1) is 16.1. The van der Waals surface area contributed by atoms with E-state index in [2.05, 4.69) is 15.6 Å². The first-order chi connectivity index (χ1) is 11.6. The molecule has 0 spiro atoms. The molecule has 0 aliphatic heterocycles. The zero-order chi connectivity index (χ0) is 17.1. The van der Waals surface area contributed by atoms with Crippen molar-refractivity contribution in [2.24, 2.45) is 0 Å². The molecule has 0 atom stereocenters. The summed E-state index contributed by atoms with van der Waals surface area (Å²) in [5.74, 6) is -0.959. The van der Waals surface area contributed by atoms with Crippen molar-refractivity contribution < 1.29 is 14.0 Å². The van der Waals surface area contributed by atoms with E-state index in [-0.39, 0.29) is 35.8 Å². The van der Waals surface area contributed by atoms with Gasteiger partial charge in [-0.15, -0.1) is 0 Å². The number of hydrogen-bond donors (Lipinski definition) is 2. The number of aromatic nitrogens is 1. The van der Waals surface area contributed by atoms with Crippen LogP contribution in [0.4, 0.5) is 4.39 Å². The summed E-state index contributed by atoms with van der Waals surface area (Å²) in [7, 11) is 1.50. The molecule has 1 heterocycles. The largest absolute Gasteiger partial charge is 0.354 e. The Labute approximate surface area is 139 Å². The third kappa shape index (κ3) is 3.76. The van der Waals surface area contributed by atoms with Crippen molar-refractivity contribution in [3.05, 3.63) is 64.7 Å². The number of carbonyl (C=O) groups is 2. The zero-order valence-electron chi connectivity index (χ0n) is 13.3. The van der Waals surface area contributed by atoms with Gasteiger partial charge < -0.3 is 10.6 Å². The van der Waals surface area contributed by atoms with Crippen molar-refractivity contribution in [3.8, 4) is 0 Å². The van der Waals surface area contributed by atoms with Gasteiger partial charge in [0.25, 0.3) is 11.8 Å². The van der Waals surface area contributed by atoms with Crippen LogP contribution < -0.4 is 10.6 Å². The van der Waals surface area contributed by atoms with Crippen LogP contribution in [0.15, 0.2) is 36.4 Å².